The van der Waals surface area contributed by atoms with Crippen molar-refractivity contribution in [1.29, 1.82) is 0 Å². The third kappa shape index (κ3) is 3.58. The van der Waals surface area contributed by atoms with Crippen molar-refractivity contribution in [1.82, 2.24) is 10.3 Å². The van der Waals surface area contributed by atoms with Crippen LogP contribution in [-0.4, -0.2) is 42.0 Å². The van der Waals surface area contributed by atoms with Gasteiger partial charge in [-0.15, -0.1) is 0 Å². The van der Waals surface area contributed by atoms with E-state index in [-0.39, 0.29) is 24.9 Å². The van der Waals surface area contributed by atoms with Crippen molar-refractivity contribution < 1.29 is 14.4 Å². The molecule has 6 heteroatoms. The van der Waals surface area contributed by atoms with Crippen LogP contribution in [0.3, 0.4) is 0 Å². The van der Waals surface area contributed by atoms with E-state index in [9.17, 15) is 0 Å². The Bertz CT molecular complexity index is 525. The first-order valence-electron chi connectivity index (χ1n) is 7.55. The summed E-state index contributed by atoms with van der Waals surface area (Å²) in [6, 6.07) is 3.74. The lowest BCUT2D eigenvalue weighted by molar-refractivity contribution is 0.00578. The molecule has 1 fully saturated rings. The minimum Gasteiger partial charge on any atom is -0.400 e. The Morgan fingerprint density at radius 3 is 2.36 bits per heavy atom. The molecule has 1 aromatic rings. The number of hydrogen-bond acceptors (Lipinski definition) is 5. The maximum atomic E-state index is 9.05. The summed E-state index contributed by atoms with van der Waals surface area (Å²) in [7, 11) is 1.52. The minimum absolute atomic E-state index is 0.0510. The highest BCUT2D eigenvalue weighted by molar-refractivity contribution is 6.55. The summed E-state index contributed by atoms with van der Waals surface area (Å²) in [5.74, 6) is 0. The minimum atomic E-state index is -0.380. The van der Waals surface area contributed by atoms with E-state index in [1.54, 1.807) is 6.20 Å². The normalized spacial score (nSPS) is 20.5. The average molecular weight is 304 g/mol. The maximum Gasteiger partial charge on any atom is 0.491 e. The summed E-state index contributed by atoms with van der Waals surface area (Å²) in [5.41, 5.74) is 1.91. The number of aliphatic hydroxyl groups excluding tert-OH is 1. The van der Waals surface area contributed by atoms with E-state index in [0.717, 1.165) is 11.0 Å². The highest BCUT2D eigenvalue weighted by Gasteiger charge is 2.52. The van der Waals surface area contributed by atoms with Crippen LogP contribution in [0.4, 0.5) is 0 Å². The van der Waals surface area contributed by atoms with Crippen LogP contribution in [0.15, 0.2) is 23.8 Å². The fourth-order valence-corrected chi connectivity index (χ4v) is 2.23. The Hall–Kier alpha value is -1.21. The number of nitrogens with zero attached hydrogens (tertiary/aromatic N) is 1. The fourth-order valence-electron chi connectivity index (χ4n) is 2.23. The first kappa shape index (κ1) is 17.2. The van der Waals surface area contributed by atoms with Crippen LogP contribution in [0.5, 0.6) is 0 Å². The van der Waals surface area contributed by atoms with Gasteiger partial charge < -0.3 is 19.7 Å². The molecule has 22 heavy (non-hydrogen) atoms. The molecule has 1 aliphatic heterocycles. The van der Waals surface area contributed by atoms with Crippen LogP contribution in [0.2, 0.25) is 0 Å². The Morgan fingerprint density at radius 2 is 1.91 bits per heavy atom. The lowest BCUT2D eigenvalue weighted by Gasteiger charge is -2.32. The van der Waals surface area contributed by atoms with Gasteiger partial charge in [-0.25, -0.2) is 0 Å². The number of rotatable bonds is 5. The standard InChI is InChI=1S/C16H25BN2O3/c1-15(2)16(3,4)22-17(21-15)13(10-18-5)8-12-6-7-14(11-20)19-9-12/h6-9,18,20H,10-11H2,1-5H3. The number of aliphatic hydroxyl groups is 1. The summed E-state index contributed by atoms with van der Waals surface area (Å²) in [6.07, 6.45) is 3.76. The second-order valence-electron chi connectivity index (χ2n) is 6.58. The SMILES string of the molecule is CNCC(=Cc1ccc(CO)nc1)B1OC(C)(C)C(C)(C)O1. The molecule has 2 heterocycles. The van der Waals surface area contributed by atoms with E-state index in [2.05, 4.69) is 10.3 Å². The predicted molar refractivity (Wildman–Crippen MR) is 88.1 cm³/mol. The van der Waals surface area contributed by atoms with Crippen molar-refractivity contribution in [2.75, 3.05) is 13.6 Å². The molecule has 0 radical (unpaired) electrons. The molecule has 0 bridgehead atoms. The molecule has 1 saturated heterocycles. The smallest absolute Gasteiger partial charge is 0.400 e. The van der Waals surface area contributed by atoms with Gasteiger partial charge in [0.05, 0.1) is 23.5 Å². The molecule has 0 spiro atoms. The van der Waals surface area contributed by atoms with Crippen LogP contribution in [0, 0.1) is 0 Å². The molecule has 0 aromatic carbocycles. The van der Waals surface area contributed by atoms with Gasteiger partial charge >= 0.3 is 7.12 Å². The molecule has 0 saturated carbocycles. The zero-order valence-corrected chi connectivity index (χ0v) is 14.0. The quantitative estimate of drug-likeness (QED) is 0.812. The van der Waals surface area contributed by atoms with Crippen molar-refractivity contribution >= 4 is 13.2 Å². The topological polar surface area (TPSA) is 63.6 Å². The van der Waals surface area contributed by atoms with E-state index in [4.69, 9.17) is 14.4 Å². The van der Waals surface area contributed by atoms with Crippen LogP contribution in [0.1, 0.15) is 39.0 Å². The molecular weight excluding hydrogens is 279 g/mol. The highest BCUT2D eigenvalue weighted by atomic mass is 16.7. The second kappa shape index (κ2) is 6.50. The van der Waals surface area contributed by atoms with Gasteiger partial charge in [0.2, 0.25) is 0 Å². The van der Waals surface area contributed by atoms with Gasteiger partial charge in [0.15, 0.2) is 0 Å². The Labute approximate surface area is 132 Å². The van der Waals surface area contributed by atoms with E-state index < -0.39 is 0 Å². The molecule has 1 aliphatic rings. The van der Waals surface area contributed by atoms with Crippen molar-refractivity contribution in [3.05, 3.63) is 35.1 Å². The van der Waals surface area contributed by atoms with Gasteiger partial charge in [0, 0.05) is 12.7 Å². The molecule has 2 N–H and O–H groups in total. The van der Waals surface area contributed by atoms with Gasteiger partial charge in [0.25, 0.3) is 0 Å². The third-order valence-corrected chi connectivity index (χ3v) is 4.30. The second-order valence-corrected chi connectivity index (χ2v) is 6.58. The number of aromatic nitrogens is 1. The van der Waals surface area contributed by atoms with Gasteiger partial charge in [-0.3, -0.25) is 4.98 Å². The summed E-state index contributed by atoms with van der Waals surface area (Å²) < 4.78 is 12.2. The lowest BCUT2D eigenvalue weighted by Crippen LogP contribution is -2.41. The fraction of sp³-hybridized carbons (Fsp3) is 0.562. The van der Waals surface area contributed by atoms with Crippen molar-refractivity contribution in [2.24, 2.45) is 0 Å². The van der Waals surface area contributed by atoms with Crippen LogP contribution >= 0.6 is 0 Å². The molecule has 2 rings (SSSR count). The van der Waals surface area contributed by atoms with E-state index in [1.807, 2.05) is 53.0 Å². The Balaban J connectivity index is 2.24. The van der Waals surface area contributed by atoms with Crippen molar-refractivity contribution in [3.8, 4) is 0 Å². The molecule has 1 aromatic heterocycles. The molecule has 0 unspecified atom stereocenters. The molecule has 5 nitrogen and oxygen atoms in total. The predicted octanol–water partition coefficient (Wildman–Crippen LogP) is 1.81. The zero-order valence-electron chi connectivity index (χ0n) is 14.0. The third-order valence-electron chi connectivity index (χ3n) is 4.30. The number of hydrogen-bond donors (Lipinski definition) is 2. The largest absolute Gasteiger partial charge is 0.491 e. The van der Waals surface area contributed by atoms with E-state index in [0.29, 0.717) is 12.2 Å². The zero-order chi connectivity index (χ0) is 16.4. The first-order valence-corrected chi connectivity index (χ1v) is 7.55. The molecule has 120 valence electrons. The average Bonchev–Trinajstić information content (AvgIpc) is 2.68. The van der Waals surface area contributed by atoms with E-state index >= 15 is 0 Å². The number of likely N-dealkylation sites (N-methyl/N-ethyl adjacent to an activating group) is 1. The monoisotopic (exact) mass is 304 g/mol. The Kier molecular flexibility index (Phi) is 5.07. The lowest BCUT2D eigenvalue weighted by atomic mass is 9.77. The van der Waals surface area contributed by atoms with Crippen molar-refractivity contribution in [3.63, 3.8) is 0 Å². The summed E-state index contributed by atoms with van der Waals surface area (Å²) in [5, 5.41) is 12.2. The van der Waals surface area contributed by atoms with Gasteiger partial charge in [-0.05, 0) is 51.8 Å². The highest BCUT2D eigenvalue weighted by Crippen LogP contribution is 2.38. The summed E-state index contributed by atoms with van der Waals surface area (Å²) >= 11 is 0. The first-order chi connectivity index (χ1) is 10.3. The van der Waals surface area contributed by atoms with Crippen LogP contribution in [0.25, 0.3) is 6.08 Å². The molecular formula is C16H25BN2O3. The number of pyridine rings is 1. The Morgan fingerprint density at radius 1 is 1.27 bits per heavy atom. The summed E-state index contributed by atoms with van der Waals surface area (Å²) in [4.78, 5) is 4.20. The molecule has 0 aliphatic carbocycles. The summed E-state index contributed by atoms with van der Waals surface area (Å²) in [6.45, 7) is 8.79. The van der Waals surface area contributed by atoms with Gasteiger partial charge in [0.1, 0.15) is 0 Å². The molecule has 0 amide bonds. The van der Waals surface area contributed by atoms with Crippen LogP contribution < -0.4 is 5.32 Å². The number of nitrogens with one attached hydrogen (secondary N) is 1. The van der Waals surface area contributed by atoms with Crippen LogP contribution in [-0.2, 0) is 15.9 Å². The maximum absolute atomic E-state index is 9.05. The molecule has 0 atom stereocenters. The van der Waals surface area contributed by atoms with E-state index in [1.165, 1.54) is 0 Å². The van der Waals surface area contributed by atoms with Gasteiger partial charge in [-0.2, -0.15) is 0 Å². The van der Waals surface area contributed by atoms with Gasteiger partial charge in [-0.1, -0.05) is 12.1 Å². The van der Waals surface area contributed by atoms with Crippen molar-refractivity contribution in [2.45, 2.75) is 45.5 Å².